The topological polar surface area (TPSA) is 56.1 Å². The SMILES string of the molecule is CCCCc1nc(N2CC(F)(F)C(F)(F)C2)c2ncn(CCOC)c2n1. The average molecular weight is 375 g/mol. The molecule has 6 nitrogen and oxygen atoms in total. The fourth-order valence-electron chi connectivity index (χ4n) is 2.91. The van der Waals surface area contributed by atoms with Crippen LogP contribution in [-0.4, -0.2) is 58.2 Å². The summed E-state index contributed by atoms with van der Waals surface area (Å²) in [5, 5.41) is 0. The van der Waals surface area contributed by atoms with Gasteiger partial charge in [0.25, 0.3) is 0 Å². The van der Waals surface area contributed by atoms with Gasteiger partial charge in [0.15, 0.2) is 17.0 Å². The highest BCUT2D eigenvalue weighted by Crippen LogP contribution is 2.43. The van der Waals surface area contributed by atoms with E-state index in [2.05, 4.69) is 15.0 Å². The second kappa shape index (κ2) is 6.98. The van der Waals surface area contributed by atoms with Crippen LogP contribution in [0.2, 0.25) is 0 Å². The average Bonchev–Trinajstić information content (AvgIpc) is 3.08. The van der Waals surface area contributed by atoms with Crippen molar-refractivity contribution in [3.05, 3.63) is 12.2 Å². The maximum Gasteiger partial charge on any atom is 0.329 e. The highest BCUT2D eigenvalue weighted by Gasteiger charge is 2.63. The van der Waals surface area contributed by atoms with E-state index in [9.17, 15) is 17.6 Å². The lowest BCUT2D eigenvalue weighted by Crippen LogP contribution is -2.38. The minimum absolute atomic E-state index is 0.0362. The van der Waals surface area contributed by atoms with Gasteiger partial charge >= 0.3 is 11.8 Å². The number of methoxy groups -OCH3 is 1. The second-order valence-corrected chi connectivity index (χ2v) is 6.43. The molecule has 2 aromatic rings. The van der Waals surface area contributed by atoms with Gasteiger partial charge in [-0.3, -0.25) is 0 Å². The molecule has 0 saturated carbocycles. The molecule has 26 heavy (non-hydrogen) atoms. The van der Waals surface area contributed by atoms with Crippen LogP contribution >= 0.6 is 0 Å². The van der Waals surface area contributed by atoms with Crippen LogP contribution in [0.15, 0.2) is 6.33 Å². The number of hydrogen-bond donors (Lipinski definition) is 0. The monoisotopic (exact) mass is 375 g/mol. The van der Waals surface area contributed by atoms with E-state index in [0.717, 1.165) is 17.7 Å². The lowest BCUT2D eigenvalue weighted by atomic mass is 10.2. The van der Waals surface area contributed by atoms with Crippen molar-refractivity contribution in [3.8, 4) is 0 Å². The molecule has 0 radical (unpaired) electrons. The number of alkyl halides is 4. The number of hydrogen-bond acceptors (Lipinski definition) is 5. The molecule has 1 saturated heterocycles. The summed E-state index contributed by atoms with van der Waals surface area (Å²) in [5.41, 5.74) is 0.687. The lowest BCUT2D eigenvalue weighted by Gasteiger charge is -2.17. The zero-order valence-corrected chi connectivity index (χ0v) is 14.7. The van der Waals surface area contributed by atoms with Crippen LogP contribution < -0.4 is 4.90 Å². The molecular weight excluding hydrogens is 354 g/mol. The Bertz CT molecular complexity index is 763. The second-order valence-electron chi connectivity index (χ2n) is 6.43. The summed E-state index contributed by atoms with van der Waals surface area (Å²) in [6.45, 7) is 0.691. The highest BCUT2D eigenvalue weighted by molar-refractivity contribution is 5.84. The van der Waals surface area contributed by atoms with Gasteiger partial charge in [0.2, 0.25) is 0 Å². The first kappa shape index (κ1) is 18.8. The summed E-state index contributed by atoms with van der Waals surface area (Å²) in [6, 6.07) is 0. The molecule has 0 aromatic carbocycles. The Kier molecular flexibility index (Phi) is 5.05. The number of unbranched alkanes of at least 4 members (excludes halogenated alkanes) is 1. The molecule has 0 amide bonds. The number of halogens is 4. The third kappa shape index (κ3) is 3.34. The zero-order valence-electron chi connectivity index (χ0n) is 14.7. The number of ether oxygens (including phenoxy) is 1. The van der Waals surface area contributed by atoms with Gasteiger partial charge in [0.05, 0.1) is 26.0 Å². The molecule has 3 heterocycles. The van der Waals surface area contributed by atoms with Crippen LogP contribution in [0.4, 0.5) is 23.4 Å². The van der Waals surface area contributed by atoms with Crippen molar-refractivity contribution in [1.29, 1.82) is 0 Å². The largest absolute Gasteiger partial charge is 0.383 e. The Morgan fingerprint density at radius 3 is 2.46 bits per heavy atom. The summed E-state index contributed by atoms with van der Waals surface area (Å²) < 4.78 is 61.4. The van der Waals surface area contributed by atoms with Gasteiger partial charge in [-0.25, -0.2) is 15.0 Å². The van der Waals surface area contributed by atoms with Crippen molar-refractivity contribution in [2.24, 2.45) is 0 Å². The van der Waals surface area contributed by atoms with Gasteiger partial charge in [-0.05, 0) is 6.42 Å². The molecule has 0 N–H and O–H groups in total. The van der Waals surface area contributed by atoms with Gasteiger partial charge < -0.3 is 14.2 Å². The molecule has 0 unspecified atom stereocenters. The lowest BCUT2D eigenvalue weighted by molar-refractivity contribution is -0.172. The van der Waals surface area contributed by atoms with Crippen LogP contribution in [0.1, 0.15) is 25.6 Å². The summed E-state index contributed by atoms with van der Waals surface area (Å²) >= 11 is 0. The highest BCUT2D eigenvalue weighted by atomic mass is 19.3. The van der Waals surface area contributed by atoms with E-state index in [1.54, 1.807) is 11.7 Å². The maximum absolute atomic E-state index is 13.7. The molecule has 144 valence electrons. The molecular formula is C16H21F4N5O. The van der Waals surface area contributed by atoms with Crippen molar-refractivity contribution in [2.75, 3.05) is 31.7 Å². The van der Waals surface area contributed by atoms with Crippen molar-refractivity contribution in [3.63, 3.8) is 0 Å². The van der Waals surface area contributed by atoms with Crippen LogP contribution in [0, 0.1) is 0 Å². The third-order valence-corrected chi connectivity index (χ3v) is 4.40. The summed E-state index contributed by atoms with van der Waals surface area (Å²) in [6.07, 6.45) is 3.75. The normalized spacial score (nSPS) is 18.8. The molecule has 0 bridgehead atoms. The fraction of sp³-hybridized carbons (Fsp3) is 0.688. The van der Waals surface area contributed by atoms with E-state index in [1.807, 2.05) is 6.92 Å². The molecule has 1 aliphatic heterocycles. The number of nitrogens with zero attached hydrogens (tertiary/aromatic N) is 5. The standard InChI is InChI=1S/C16H21F4N5O/c1-3-4-5-11-22-13-12(21-10-24(13)6-7-26-2)14(23-11)25-8-15(17,18)16(19,20)9-25/h10H,3-9H2,1-2H3. The fourth-order valence-corrected chi connectivity index (χ4v) is 2.91. The molecule has 1 fully saturated rings. The number of aromatic nitrogens is 4. The Hall–Kier alpha value is -1.97. The first-order chi connectivity index (χ1) is 12.3. The number of fused-ring (bicyclic) bond motifs is 1. The van der Waals surface area contributed by atoms with Crippen molar-refractivity contribution in [1.82, 2.24) is 19.5 Å². The Balaban J connectivity index is 2.04. The van der Waals surface area contributed by atoms with Crippen LogP contribution in [0.5, 0.6) is 0 Å². The maximum atomic E-state index is 13.7. The molecule has 0 aliphatic carbocycles. The zero-order chi connectivity index (χ0) is 18.9. The van der Waals surface area contributed by atoms with Crippen LogP contribution in [0.25, 0.3) is 11.2 Å². The van der Waals surface area contributed by atoms with E-state index >= 15 is 0 Å². The van der Waals surface area contributed by atoms with Crippen molar-refractivity contribution in [2.45, 2.75) is 44.6 Å². The molecule has 1 aliphatic rings. The molecule has 0 atom stereocenters. The van der Waals surface area contributed by atoms with E-state index in [-0.39, 0.29) is 11.3 Å². The Labute approximate surface area is 148 Å². The van der Waals surface area contributed by atoms with Crippen LogP contribution in [-0.2, 0) is 17.7 Å². The van der Waals surface area contributed by atoms with E-state index in [4.69, 9.17) is 4.74 Å². The molecule has 10 heteroatoms. The smallest absolute Gasteiger partial charge is 0.329 e. The minimum Gasteiger partial charge on any atom is -0.383 e. The van der Waals surface area contributed by atoms with Crippen molar-refractivity contribution < 1.29 is 22.3 Å². The van der Waals surface area contributed by atoms with Gasteiger partial charge in [0, 0.05) is 20.1 Å². The quantitative estimate of drug-likeness (QED) is 0.697. The van der Waals surface area contributed by atoms with Crippen LogP contribution in [0.3, 0.4) is 0 Å². The molecule has 0 spiro atoms. The first-order valence-corrected chi connectivity index (χ1v) is 8.50. The summed E-state index contributed by atoms with van der Waals surface area (Å²) in [5.74, 6) is -7.74. The first-order valence-electron chi connectivity index (χ1n) is 8.50. The van der Waals surface area contributed by atoms with Gasteiger partial charge in [0.1, 0.15) is 5.82 Å². The number of anilines is 1. The minimum atomic E-state index is -4.10. The molecule has 3 rings (SSSR count). The van der Waals surface area contributed by atoms with E-state index in [1.165, 1.54) is 6.33 Å². The van der Waals surface area contributed by atoms with Gasteiger partial charge in [-0.2, -0.15) is 17.6 Å². The van der Waals surface area contributed by atoms with Crippen molar-refractivity contribution >= 4 is 17.0 Å². The third-order valence-electron chi connectivity index (χ3n) is 4.40. The number of aryl methyl sites for hydroxylation is 1. The predicted octanol–water partition coefficient (Wildman–Crippen LogP) is 2.91. The van der Waals surface area contributed by atoms with E-state index in [0.29, 0.717) is 31.0 Å². The van der Waals surface area contributed by atoms with E-state index < -0.39 is 24.9 Å². The summed E-state index contributed by atoms with van der Waals surface area (Å²) in [4.78, 5) is 13.8. The number of imidazole rings is 1. The number of rotatable bonds is 7. The Morgan fingerprint density at radius 1 is 1.15 bits per heavy atom. The van der Waals surface area contributed by atoms with Gasteiger partial charge in [-0.1, -0.05) is 13.3 Å². The predicted molar refractivity (Wildman–Crippen MR) is 87.9 cm³/mol. The summed E-state index contributed by atoms with van der Waals surface area (Å²) in [7, 11) is 1.56. The van der Waals surface area contributed by atoms with Gasteiger partial charge in [-0.15, -0.1) is 0 Å². The Morgan fingerprint density at radius 2 is 1.85 bits per heavy atom. The molecule has 2 aromatic heterocycles.